The van der Waals surface area contributed by atoms with Gasteiger partial charge in [-0.2, -0.15) is 0 Å². The normalized spacial score (nSPS) is 15.6. The van der Waals surface area contributed by atoms with Gasteiger partial charge in [-0.15, -0.1) is 0 Å². The summed E-state index contributed by atoms with van der Waals surface area (Å²) in [5.74, 6) is 1.72. The van der Waals surface area contributed by atoms with Crippen molar-refractivity contribution in [3.8, 4) is 11.5 Å². The third-order valence-corrected chi connectivity index (χ3v) is 4.69. The van der Waals surface area contributed by atoms with E-state index in [1.807, 2.05) is 38.1 Å². The lowest BCUT2D eigenvalue weighted by Crippen LogP contribution is -2.47. The second-order valence-electron chi connectivity index (χ2n) is 6.67. The summed E-state index contributed by atoms with van der Waals surface area (Å²) in [6.07, 6.45) is 2.55. The maximum Gasteiger partial charge on any atom is 0.317 e. The van der Waals surface area contributed by atoms with Crippen LogP contribution in [0, 0.1) is 13.8 Å². The number of rotatable bonds is 4. The Morgan fingerprint density at radius 2 is 2.15 bits per heavy atom. The molecule has 1 aliphatic heterocycles. The van der Waals surface area contributed by atoms with Gasteiger partial charge in [-0.25, -0.2) is 4.79 Å². The molecule has 0 spiro atoms. The minimum atomic E-state index is -0.140. The number of hydrogen-bond acceptors (Lipinski definition) is 4. The van der Waals surface area contributed by atoms with Crippen LogP contribution in [0.25, 0.3) is 0 Å². The molecule has 0 radical (unpaired) electrons. The molecule has 2 aromatic rings. The monoisotopic (exact) mass is 355 g/mol. The topological polar surface area (TPSA) is 63.7 Å². The van der Waals surface area contributed by atoms with Crippen LogP contribution in [0.1, 0.15) is 22.4 Å². The highest BCUT2D eigenvalue weighted by Gasteiger charge is 2.23. The van der Waals surface area contributed by atoms with Crippen molar-refractivity contribution >= 4 is 6.03 Å². The zero-order chi connectivity index (χ0) is 18.7. The number of amides is 2. The van der Waals surface area contributed by atoms with Crippen molar-refractivity contribution in [3.63, 3.8) is 0 Å². The zero-order valence-electron chi connectivity index (χ0n) is 15.7. The lowest BCUT2D eigenvalue weighted by Gasteiger charge is -2.28. The van der Waals surface area contributed by atoms with Crippen LogP contribution in [-0.4, -0.2) is 42.7 Å². The van der Waals surface area contributed by atoms with Crippen LogP contribution in [0.15, 0.2) is 30.5 Å². The fourth-order valence-corrected chi connectivity index (χ4v) is 3.23. The van der Waals surface area contributed by atoms with Crippen LogP contribution in [0.2, 0.25) is 0 Å². The maximum absolute atomic E-state index is 12.6. The van der Waals surface area contributed by atoms with Crippen molar-refractivity contribution in [1.82, 2.24) is 15.2 Å². The summed E-state index contributed by atoms with van der Waals surface area (Å²) in [5, 5.41) is 3.04. The van der Waals surface area contributed by atoms with E-state index in [9.17, 15) is 4.79 Å². The van der Waals surface area contributed by atoms with Gasteiger partial charge >= 0.3 is 6.03 Å². The molecule has 0 saturated carbocycles. The first-order valence-electron chi connectivity index (χ1n) is 8.71. The highest BCUT2D eigenvalue weighted by Crippen LogP contribution is 2.25. The molecule has 2 heterocycles. The van der Waals surface area contributed by atoms with Crippen molar-refractivity contribution in [2.24, 2.45) is 0 Å². The van der Waals surface area contributed by atoms with E-state index in [0.717, 1.165) is 40.3 Å². The van der Waals surface area contributed by atoms with Gasteiger partial charge in [0.25, 0.3) is 0 Å². The van der Waals surface area contributed by atoms with Crippen molar-refractivity contribution < 1.29 is 14.3 Å². The van der Waals surface area contributed by atoms with Crippen LogP contribution >= 0.6 is 0 Å². The van der Waals surface area contributed by atoms with Crippen LogP contribution in [0.4, 0.5) is 4.79 Å². The van der Waals surface area contributed by atoms with Crippen molar-refractivity contribution in [2.75, 3.05) is 20.8 Å². The number of nitrogens with zero attached hydrogens (tertiary/aromatic N) is 2. The Morgan fingerprint density at radius 3 is 2.92 bits per heavy atom. The molecule has 0 saturated heterocycles. The molecule has 6 heteroatoms. The Morgan fingerprint density at radius 1 is 1.38 bits per heavy atom. The zero-order valence-corrected chi connectivity index (χ0v) is 15.7. The number of methoxy groups -OCH3 is 1. The molecule has 1 aromatic carbocycles. The number of ether oxygens (including phenoxy) is 2. The third-order valence-electron chi connectivity index (χ3n) is 4.69. The number of urea groups is 1. The highest BCUT2D eigenvalue weighted by atomic mass is 16.5. The number of fused-ring (bicyclic) bond motifs is 1. The molecule has 26 heavy (non-hydrogen) atoms. The number of carbonyl (C=O) groups is 1. The van der Waals surface area contributed by atoms with Gasteiger partial charge in [-0.3, -0.25) is 4.98 Å². The maximum atomic E-state index is 12.6. The molecule has 1 aliphatic rings. The van der Waals surface area contributed by atoms with E-state index in [1.54, 1.807) is 25.3 Å². The number of aryl methyl sites for hydroxylation is 1. The molecule has 3 rings (SSSR count). The molecule has 6 nitrogen and oxygen atoms in total. The Kier molecular flexibility index (Phi) is 5.30. The third kappa shape index (κ3) is 3.74. The Balaban J connectivity index is 1.62. The van der Waals surface area contributed by atoms with E-state index >= 15 is 0 Å². The molecule has 1 N–H and O–H groups in total. The summed E-state index contributed by atoms with van der Waals surface area (Å²) in [5.41, 5.74) is 3.89. The smallest absolute Gasteiger partial charge is 0.317 e. The predicted molar refractivity (Wildman–Crippen MR) is 99.7 cm³/mol. The number of nitrogens with one attached hydrogen (secondary N) is 1. The van der Waals surface area contributed by atoms with Gasteiger partial charge in [-0.05, 0) is 31.9 Å². The average molecular weight is 355 g/mol. The van der Waals surface area contributed by atoms with Gasteiger partial charge in [0.1, 0.15) is 18.1 Å². The fourth-order valence-electron chi connectivity index (χ4n) is 3.23. The lowest BCUT2D eigenvalue weighted by molar-refractivity contribution is 0.187. The summed E-state index contributed by atoms with van der Waals surface area (Å²) in [4.78, 5) is 18.6. The van der Waals surface area contributed by atoms with Crippen LogP contribution in [0.5, 0.6) is 11.5 Å². The molecule has 1 atom stereocenters. The van der Waals surface area contributed by atoms with Gasteiger partial charge in [-0.1, -0.05) is 18.2 Å². The Labute approximate surface area is 154 Å². The minimum Gasteiger partial charge on any atom is -0.496 e. The predicted octanol–water partition coefficient (Wildman–Crippen LogP) is 2.85. The number of pyridine rings is 1. The minimum absolute atomic E-state index is 0.0403. The van der Waals surface area contributed by atoms with E-state index in [4.69, 9.17) is 9.47 Å². The largest absolute Gasteiger partial charge is 0.496 e. The number of aromatic nitrogens is 1. The summed E-state index contributed by atoms with van der Waals surface area (Å²) >= 11 is 0. The van der Waals surface area contributed by atoms with Gasteiger partial charge in [0, 0.05) is 24.4 Å². The SMILES string of the molecule is COc1c(C)cnc(CN(C)C(=O)NC2COc3ccccc3C2)c1C. The van der Waals surface area contributed by atoms with Gasteiger partial charge in [0.15, 0.2) is 0 Å². The van der Waals surface area contributed by atoms with Crippen LogP contribution < -0.4 is 14.8 Å². The van der Waals surface area contributed by atoms with E-state index in [0.29, 0.717) is 13.2 Å². The number of hydrogen-bond donors (Lipinski definition) is 1. The number of carbonyl (C=O) groups excluding carboxylic acids is 1. The summed E-state index contributed by atoms with van der Waals surface area (Å²) in [7, 11) is 3.41. The summed E-state index contributed by atoms with van der Waals surface area (Å²) in [6.45, 7) is 4.82. The van der Waals surface area contributed by atoms with Gasteiger partial charge in [0.05, 0.1) is 25.4 Å². The Bertz CT molecular complexity index is 807. The first kappa shape index (κ1) is 18.0. The Hall–Kier alpha value is -2.76. The van der Waals surface area contributed by atoms with Gasteiger partial charge < -0.3 is 19.7 Å². The van der Waals surface area contributed by atoms with Crippen molar-refractivity contribution in [3.05, 3.63) is 52.8 Å². The molecular formula is C20H25N3O3. The highest BCUT2D eigenvalue weighted by molar-refractivity contribution is 5.74. The van der Waals surface area contributed by atoms with Crippen LogP contribution in [-0.2, 0) is 13.0 Å². The average Bonchev–Trinajstić information content (AvgIpc) is 2.64. The molecule has 0 aliphatic carbocycles. The molecule has 138 valence electrons. The molecule has 0 fully saturated rings. The molecule has 0 bridgehead atoms. The fraction of sp³-hybridized carbons (Fsp3) is 0.400. The molecule has 1 aromatic heterocycles. The second kappa shape index (κ2) is 7.64. The number of benzene rings is 1. The quantitative estimate of drug-likeness (QED) is 0.916. The standard InChI is InChI=1S/C20H25N3O3/c1-13-10-21-17(14(2)19(13)25-4)11-23(3)20(24)22-16-9-15-7-5-6-8-18(15)26-12-16/h5-8,10,16H,9,11-12H2,1-4H3,(H,22,24). The van der Waals surface area contributed by atoms with Crippen molar-refractivity contribution in [2.45, 2.75) is 32.9 Å². The van der Waals surface area contributed by atoms with E-state index in [1.165, 1.54) is 0 Å². The summed E-state index contributed by atoms with van der Waals surface area (Å²) < 4.78 is 11.2. The van der Waals surface area contributed by atoms with Crippen LogP contribution in [0.3, 0.4) is 0 Å². The lowest BCUT2D eigenvalue weighted by atomic mass is 10.0. The van der Waals surface area contributed by atoms with E-state index < -0.39 is 0 Å². The summed E-state index contributed by atoms with van der Waals surface area (Å²) in [6, 6.07) is 7.75. The molecular weight excluding hydrogens is 330 g/mol. The number of para-hydroxylation sites is 1. The first-order valence-corrected chi connectivity index (χ1v) is 8.71. The first-order chi connectivity index (χ1) is 12.5. The second-order valence-corrected chi connectivity index (χ2v) is 6.67. The van der Waals surface area contributed by atoms with E-state index in [2.05, 4.69) is 10.3 Å². The molecule has 1 unspecified atom stereocenters. The molecule has 2 amide bonds. The van der Waals surface area contributed by atoms with Gasteiger partial charge in [0.2, 0.25) is 0 Å². The van der Waals surface area contributed by atoms with Crippen molar-refractivity contribution in [1.29, 1.82) is 0 Å². The van der Waals surface area contributed by atoms with E-state index in [-0.39, 0.29) is 12.1 Å².